The van der Waals surface area contributed by atoms with E-state index in [0.29, 0.717) is 11.3 Å². The second-order valence-electron chi connectivity index (χ2n) is 5.63. The molecule has 0 fully saturated rings. The zero-order valence-corrected chi connectivity index (χ0v) is 14.5. The van der Waals surface area contributed by atoms with Crippen molar-refractivity contribution in [2.45, 2.75) is 19.1 Å². The average Bonchev–Trinajstić information content (AvgIpc) is 2.55. The summed E-state index contributed by atoms with van der Waals surface area (Å²) in [6.07, 6.45) is 0.878. The molecule has 0 saturated heterocycles. The smallest absolute Gasteiger partial charge is 0.335 e. The van der Waals surface area contributed by atoms with Gasteiger partial charge in [-0.25, -0.2) is 13.2 Å². The highest BCUT2D eigenvalue weighted by Gasteiger charge is 2.18. The van der Waals surface area contributed by atoms with Gasteiger partial charge >= 0.3 is 5.97 Å². The molecular formula is C18H19NO5S. The van der Waals surface area contributed by atoms with Gasteiger partial charge in [-0.15, -0.1) is 0 Å². The minimum atomic E-state index is -3.66. The summed E-state index contributed by atoms with van der Waals surface area (Å²) in [6.45, 7) is 2.02. The number of hydrogen-bond acceptors (Lipinski definition) is 4. The van der Waals surface area contributed by atoms with Gasteiger partial charge in [0.15, 0.2) is 9.84 Å². The Hall–Kier alpha value is -2.67. The quantitative estimate of drug-likeness (QED) is 0.789. The number of carboxylic acids is 1. The van der Waals surface area contributed by atoms with Crippen LogP contribution in [0.5, 0.6) is 0 Å². The van der Waals surface area contributed by atoms with Gasteiger partial charge in [-0.2, -0.15) is 0 Å². The van der Waals surface area contributed by atoms with Crippen LogP contribution >= 0.6 is 0 Å². The number of anilines is 1. The fourth-order valence-electron chi connectivity index (χ4n) is 2.27. The van der Waals surface area contributed by atoms with Crippen LogP contribution in [0.25, 0.3) is 0 Å². The molecule has 0 bridgehead atoms. The van der Waals surface area contributed by atoms with Crippen molar-refractivity contribution in [1.29, 1.82) is 0 Å². The number of aromatic carboxylic acids is 1. The predicted octanol–water partition coefficient (Wildman–Crippen LogP) is 2.50. The minimum Gasteiger partial charge on any atom is -0.478 e. The lowest BCUT2D eigenvalue weighted by Gasteiger charge is -2.07. The van der Waals surface area contributed by atoms with Crippen LogP contribution in [0, 0.1) is 0 Å². The molecule has 7 heteroatoms. The van der Waals surface area contributed by atoms with E-state index in [-0.39, 0.29) is 11.3 Å². The third-order valence-corrected chi connectivity index (χ3v) is 5.06. The first-order chi connectivity index (χ1) is 11.8. The van der Waals surface area contributed by atoms with Crippen LogP contribution in [0.4, 0.5) is 5.69 Å². The molecule has 0 heterocycles. The summed E-state index contributed by atoms with van der Waals surface area (Å²) in [7, 11) is -3.66. The van der Waals surface area contributed by atoms with Gasteiger partial charge in [0.25, 0.3) is 0 Å². The van der Waals surface area contributed by atoms with Gasteiger partial charge in [0.1, 0.15) is 5.75 Å². The maximum absolute atomic E-state index is 12.1. The summed E-state index contributed by atoms with van der Waals surface area (Å²) in [5, 5.41) is 11.4. The summed E-state index contributed by atoms with van der Waals surface area (Å²) in [5.74, 6) is -2.65. The number of carbonyl (C=O) groups is 2. The molecule has 2 aromatic rings. The second kappa shape index (κ2) is 7.94. The standard InChI is InChI=1S/C18H19NO5S/c1-2-13-5-9-16(10-6-13)19-17(20)12-25(23,24)11-14-3-7-15(8-4-14)18(21)22/h3-10H,2,11-12H2,1H3,(H,19,20)(H,21,22). The molecule has 2 aromatic carbocycles. The van der Waals surface area contributed by atoms with Crippen molar-refractivity contribution in [1.82, 2.24) is 0 Å². The van der Waals surface area contributed by atoms with Gasteiger partial charge in [-0.3, -0.25) is 4.79 Å². The number of sulfone groups is 1. The molecule has 0 aliphatic carbocycles. The van der Waals surface area contributed by atoms with Gasteiger partial charge in [-0.1, -0.05) is 31.2 Å². The Morgan fingerprint density at radius 2 is 1.52 bits per heavy atom. The SMILES string of the molecule is CCc1ccc(NC(=O)CS(=O)(=O)Cc2ccc(C(=O)O)cc2)cc1. The molecule has 1 amide bonds. The Morgan fingerprint density at radius 3 is 2.04 bits per heavy atom. The summed E-state index contributed by atoms with van der Waals surface area (Å²) >= 11 is 0. The molecule has 0 aliphatic rings. The molecule has 6 nitrogen and oxygen atoms in total. The maximum Gasteiger partial charge on any atom is 0.335 e. The lowest BCUT2D eigenvalue weighted by molar-refractivity contribution is -0.113. The first kappa shape index (κ1) is 18.7. The van der Waals surface area contributed by atoms with E-state index < -0.39 is 27.5 Å². The fourth-order valence-corrected chi connectivity index (χ4v) is 3.54. The van der Waals surface area contributed by atoms with Crippen molar-refractivity contribution in [3.8, 4) is 0 Å². The fraction of sp³-hybridized carbons (Fsp3) is 0.222. The third-order valence-electron chi connectivity index (χ3n) is 3.58. The average molecular weight is 361 g/mol. The van der Waals surface area contributed by atoms with Crippen molar-refractivity contribution in [3.05, 3.63) is 65.2 Å². The number of rotatable bonds is 7. The van der Waals surface area contributed by atoms with Crippen LogP contribution in [-0.4, -0.2) is 31.2 Å². The van der Waals surface area contributed by atoms with Gasteiger partial charge in [0.2, 0.25) is 5.91 Å². The number of carbonyl (C=O) groups excluding carboxylic acids is 1. The first-order valence-electron chi connectivity index (χ1n) is 7.70. The number of hydrogen-bond donors (Lipinski definition) is 2. The number of nitrogens with one attached hydrogen (secondary N) is 1. The monoisotopic (exact) mass is 361 g/mol. The number of aryl methyl sites for hydroxylation is 1. The first-order valence-corrected chi connectivity index (χ1v) is 9.52. The van der Waals surface area contributed by atoms with E-state index in [1.165, 1.54) is 24.3 Å². The molecule has 2 N–H and O–H groups in total. The Bertz CT molecular complexity index is 855. The zero-order valence-electron chi connectivity index (χ0n) is 13.7. The van der Waals surface area contributed by atoms with Crippen LogP contribution in [0.2, 0.25) is 0 Å². The lowest BCUT2D eigenvalue weighted by atomic mass is 10.1. The topological polar surface area (TPSA) is 101 Å². The van der Waals surface area contributed by atoms with E-state index in [1.807, 2.05) is 19.1 Å². The highest BCUT2D eigenvalue weighted by Crippen LogP contribution is 2.12. The second-order valence-corrected chi connectivity index (χ2v) is 7.70. The molecule has 0 radical (unpaired) electrons. The highest BCUT2D eigenvalue weighted by molar-refractivity contribution is 7.91. The molecule has 0 atom stereocenters. The molecule has 0 aliphatic heterocycles. The van der Waals surface area contributed by atoms with E-state index >= 15 is 0 Å². The number of benzene rings is 2. The van der Waals surface area contributed by atoms with E-state index in [0.717, 1.165) is 12.0 Å². The Labute approximate surface area is 146 Å². The molecule has 0 spiro atoms. The van der Waals surface area contributed by atoms with Crippen LogP contribution in [0.3, 0.4) is 0 Å². The van der Waals surface area contributed by atoms with Crippen LogP contribution in [0.1, 0.15) is 28.4 Å². The van der Waals surface area contributed by atoms with E-state index in [2.05, 4.69) is 5.32 Å². The van der Waals surface area contributed by atoms with Gasteiger partial charge in [-0.05, 0) is 41.8 Å². The van der Waals surface area contributed by atoms with Crippen LogP contribution in [-0.2, 0) is 26.8 Å². The van der Waals surface area contributed by atoms with Crippen LogP contribution in [0.15, 0.2) is 48.5 Å². The Kier molecular flexibility index (Phi) is 5.93. The molecule has 2 rings (SSSR count). The largest absolute Gasteiger partial charge is 0.478 e. The molecular weight excluding hydrogens is 342 g/mol. The van der Waals surface area contributed by atoms with E-state index in [9.17, 15) is 18.0 Å². The maximum atomic E-state index is 12.1. The van der Waals surface area contributed by atoms with Crippen molar-refractivity contribution in [2.24, 2.45) is 0 Å². The molecule has 0 aromatic heterocycles. The van der Waals surface area contributed by atoms with Gasteiger partial charge in [0.05, 0.1) is 11.3 Å². The number of carboxylic acid groups (broad SMARTS) is 1. The lowest BCUT2D eigenvalue weighted by Crippen LogP contribution is -2.24. The molecule has 0 unspecified atom stereocenters. The van der Waals surface area contributed by atoms with Crippen molar-refractivity contribution >= 4 is 27.4 Å². The van der Waals surface area contributed by atoms with Crippen molar-refractivity contribution in [2.75, 3.05) is 11.1 Å². The Balaban J connectivity index is 1.97. The van der Waals surface area contributed by atoms with Gasteiger partial charge < -0.3 is 10.4 Å². The van der Waals surface area contributed by atoms with Crippen molar-refractivity contribution < 1.29 is 23.1 Å². The van der Waals surface area contributed by atoms with E-state index in [4.69, 9.17) is 5.11 Å². The molecule has 0 saturated carbocycles. The van der Waals surface area contributed by atoms with E-state index in [1.54, 1.807) is 12.1 Å². The summed E-state index contributed by atoms with van der Waals surface area (Å²) < 4.78 is 24.3. The zero-order chi connectivity index (χ0) is 18.4. The normalized spacial score (nSPS) is 11.1. The number of amides is 1. The molecule has 132 valence electrons. The Morgan fingerprint density at radius 1 is 0.960 bits per heavy atom. The third kappa shape index (κ3) is 5.72. The van der Waals surface area contributed by atoms with Gasteiger partial charge in [0, 0.05) is 5.69 Å². The van der Waals surface area contributed by atoms with Crippen molar-refractivity contribution in [3.63, 3.8) is 0 Å². The summed E-state index contributed by atoms with van der Waals surface area (Å²) in [4.78, 5) is 22.7. The molecule has 25 heavy (non-hydrogen) atoms. The van der Waals surface area contributed by atoms with Crippen LogP contribution < -0.4 is 5.32 Å². The predicted molar refractivity (Wildman–Crippen MR) is 95.3 cm³/mol. The summed E-state index contributed by atoms with van der Waals surface area (Å²) in [5.41, 5.74) is 2.18. The minimum absolute atomic E-state index is 0.0782. The highest BCUT2D eigenvalue weighted by atomic mass is 32.2. The summed E-state index contributed by atoms with van der Waals surface area (Å²) in [6, 6.07) is 12.7.